The average molecular weight is 376 g/mol. The van der Waals surface area contributed by atoms with E-state index in [9.17, 15) is 18.0 Å². The maximum atomic E-state index is 11.7. The van der Waals surface area contributed by atoms with Gasteiger partial charge in [0.05, 0.1) is 8.81 Å². The number of carbonyl (C=O) groups is 1. The molecule has 0 aromatic heterocycles. The van der Waals surface area contributed by atoms with Crippen molar-refractivity contribution in [2.45, 2.75) is 43.9 Å². The molecule has 0 bridgehead atoms. The van der Waals surface area contributed by atoms with Gasteiger partial charge in [-0.15, -0.1) is 0 Å². The van der Waals surface area contributed by atoms with Gasteiger partial charge in [-0.05, 0) is 12.8 Å². The zero-order valence-corrected chi connectivity index (χ0v) is 12.4. The number of carbonyl (C=O) groups excluding carboxylic acids is 1. The first-order valence-corrected chi connectivity index (χ1v) is 6.34. The Morgan fingerprint density at radius 3 is 2.17 bits per heavy atom. The second kappa shape index (κ2) is 10.8. The first kappa shape index (κ1) is 20.3. The van der Waals surface area contributed by atoms with Crippen LogP contribution < -0.4 is 0 Å². The molecule has 0 aliphatic heterocycles. The number of halogens is 3. The van der Waals surface area contributed by atoms with E-state index in [1.165, 1.54) is 6.08 Å². The molecule has 1 rings (SSSR count). The van der Waals surface area contributed by atoms with E-state index in [1.54, 1.807) is 0 Å². The van der Waals surface area contributed by atoms with Crippen LogP contribution >= 0.6 is 8.81 Å². The maximum absolute atomic E-state index is 11.7. The number of alkyl halides is 3. The number of rotatable bonds is 2. The quantitative estimate of drug-likeness (QED) is 0.414. The molecule has 0 aromatic rings. The molecule has 0 aromatic carbocycles. The van der Waals surface area contributed by atoms with Crippen molar-refractivity contribution in [2.24, 2.45) is 0 Å². The molecule has 0 saturated heterocycles. The second-order valence-electron chi connectivity index (χ2n) is 3.63. The van der Waals surface area contributed by atoms with Crippen molar-refractivity contribution < 1.29 is 42.9 Å². The molecule has 0 N–H and O–H groups in total. The molecule has 18 heavy (non-hydrogen) atoms. The number of hydrogen-bond donors (Lipinski definition) is 0. The summed E-state index contributed by atoms with van der Waals surface area (Å²) in [6, 6.07) is 0. The summed E-state index contributed by atoms with van der Waals surface area (Å²) in [5.41, 5.74) is 0.148. The van der Waals surface area contributed by atoms with Crippen LogP contribution in [0.4, 0.5) is 13.2 Å². The Balaban J connectivity index is 0. The largest absolute Gasteiger partial charge is 0.491 e. The summed E-state index contributed by atoms with van der Waals surface area (Å²) >= 11 is 0. The molecule has 1 atom stereocenters. The summed E-state index contributed by atoms with van der Waals surface area (Å²) in [6.07, 6.45) is 1.60. The molecule has 1 saturated carbocycles. The van der Waals surface area contributed by atoms with Crippen molar-refractivity contribution in [3.8, 4) is 0 Å². The van der Waals surface area contributed by atoms with Gasteiger partial charge >= 0.3 is 12.1 Å². The van der Waals surface area contributed by atoms with Gasteiger partial charge in [-0.2, -0.15) is 13.2 Å². The van der Waals surface area contributed by atoms with Gasteiger partial charge < -0.3 is 4.52 Å². The molecule has 1 unspecified atom stereocenters. The van der Waals surface area contributed by atoms with E-state index in [0.29, 0.717) is 0 Å². The predicted octanol–water partition coefficient (Wildman–Crippen LogP) is 4.02. The van der Waals surface area contributed by atoms with E-state index in [-0.39, 0.29) is 34.9 Å². The third kappa shape index (κ3) is 9.94. The van der Waals surface area contributed by atoms with Crippen LogP contribution in [0.15, 0.2) is 12.7 Å². The summed E-state index contributed by atoms with van der Waals surface area (Å²) in [7, 11) is -0.334. The Bertz CT molecular complexity index is 241. The second-order valence-corrected chi connectivity index (χ2v) is 4.89. The minimum Gasteiger partial charge on any atom is -0.441 e. The van der Waals surface area contributed by atoms with E-state index in [1.807, 2.05) is 0 Å². The summed E-state index contributed by atoms with van der Waals surface area (Å²) in [5, 5.41) is 0. The molecule has 7 heteroatoms. The Morgan fingerprint density at radius 1 is 1.33 bits per heavy atom. The van der Waals surface area contributed by atoms with Gasteiger partial charge in [0.1, 0.15) is 0 Å². The molecule has 0 heterocycles. The number of hydrogen-bond acceptors (Lipinski definition) is 2. The van der Waals surface area contributed by atoms with E-state index in [2.05, 4.69) is 18.0 Å². The molecular weight excluding hydrogens is 359 g/mol. The Morgan fingerprint density at radius 2 is 1.78 bits per heavy atom. The third-order valence-electron chi connectivity index (χ3n) is 2.15. The standard InChI is InChI=1S/C8H12F3O2P.C3H5.Pd/c9-8(10,11)7(12)13-14-6-4-2-1-3-5-6;1-3-2;/h6,14H,1-5H2;3H,1-2H2;/q;-1;. The average Bonchev–Trinajstić information content (AvgIpc) is 2.27. The van der Waals surface area contributed by atoms with Gasteiger partial charge in [0.15, 0.2) is 0 Å². The summed E-state index contributed by atoms with van der Waals surface area (Å²) in [6.45, 7) is 6.50. The fourth-order valence-electron chi connectivity index (χ4n) is 1.42. The maximum Gasteiger partial charge on any atom is 0.491 e. The van der Waals surface area contributed by atoms with E-state index in [4.69, 9.17) is 0 Å². The molecule has 110 valence electrons. The van der Waals surface area contributed by atoms with Crippen molar-refractivity contribution in [3.05, 3.63) is 19.6 Å². The van der Waals surface area contributed by atoms with Crippen LogP contribution in [-0.4, -0.2) is 17.8 Å². The van der Waals surface area contributed by atoms with Gasteiger partial charge in [-0.3, -0.25) is 0 Å². The van der Waals surface area contributed by atoms with Crippen LogP contribution in [0.25, 0.3) is 0 Å². The van der Waals surface area contributed by atoms with Crippen molar-refractivity contribution in [1.82, 2.24) is 0 Å². The fourth-order valence-corrected chi connectivity index (χ4v) is 2.45. The van der Waals surface area contributed by atoms with Gasteiger partial charge in [0, 0.05) is 26.1 Å². The molecule has 1 aliphatic rings. The Hall–Kier alpha value is -0.0377. The van der Waals surface area contributed by atoms with E-state index < -0.39 is 12.1 Å². The third-order valence-corrected chi connectivity index (χ3v) is 3.37. The van der Waals surface area contributed by atoms with Crippen molar-refractivity contribution in [1.29, 1.82) is 0 Å². The van der Waals surface area contributed by atoms with Gasteiger partial charge in [-0.25, -0.2) is 24.4 Å². The molecule has 0 radical (unpaired) electrons. The number of allylic oxidation sites excluding steroid dienone is 1. The van der Waals surface area contributed by atoms with E-state index >= 15 is 0 Å². The van der Waals surface area contributed by atoms with Crippen LogP contribution in [0, 0.1) is 6.92 Å². The molecular formula is C11H17F3O2PPd-. The normalized spacial score (nSPS) is 16.4. The summed E-state index contributed by atoms with van der Waals surface area (Å²) in [5.74, 6) is -2.05. The fraction of sp³-hybridized carbons (Fsp3) is 0.636. The minimum absolute atomic E-state index is 0. The predicted molar refractivity (Wildman–Crippen MR) is 62.9 cm³/mol. The van der Waals surface area contributed by atoms with Crippen LogP contribution in [0.5, 0.6) is 0 Å². The first-order chi connectivity index (χ1) is 7.91. The molecule has 1 fully saturated rings. The molecule has 1 aliphatic carbocycles. The smallest absolute Gasteiger partial charge is 0.441 e. The SMILES string of the molecule is C=C[CH2-].O=C(OPC1CCCCC1)C(F)(F)F.[Pd]. The van der Waals surface area contributed by atoms with Crippen molar-refractivity contribution >= 4 is 14.8 Å². The molecule has 0 amide bonds. The van der Waals surface area contributed by atoms with Gasteiger partial charge in [-0.1, -0.05) is 19.3 Å². The Kier molecular flexibility index (Phi) is 12.2. The van der Waals surface area contributed by atoms with Gasteiger partial charge in [0.2, 0.25) is 0 Å². The van der Waals surface area contributed by atoms with Crippen LogP contribution in [0.3, 0.4) is 0 Å². The summed E-state index contributed by atoms with van der Waals surface area (Å²) in [4.78, 5) is 10.4. The topological polar surface area (TPSA) is 26.3 Å². The van der Waals surface area contributed by atoms with Gasteiger partial charge in [0.25, 0.3) is 0 Å². The van der Waals surface area contributed by atoms with Crippen LogP contribution in [0.2, 0.25) is 0 Å². The first-order valence-electron chi connectivity index (χ1n) is 5.35. The van der Waals surface area contributed by atoms with E-state index in [0.717, 1.165) is 32.1 Å². The monoisotopic (exact) mass is 375 g/mol. The summed E-state index contributed by atoms with van der Waals surface area (Å²) < 4.78 is 39.4. The minimum atomic E-state index is -4.85. The zero-order valence-electron chi connectivity index (χ0n) is 9.87. The van der Waals surface area contributed by atoms with Crippen LogP contribution in [0.1, 0.15) is 32.1 Å². The van der Waals surface area contributed by atoms with Crippen LogP contribution in [-0.2, 0) is 29.7 Å². The Labute approximate surface area is 121 Å². The molecule has 0 spiro atoms. The molecule has 2 nitrogen and oxygen atoms in total. The van der Waals surface area contributed by atoms with Crippen molar-refractivity contribution in [3.63, 3.8) is 0 Å². The van der Waals surface area contributed by atoms with Crippen molar-refractivity contribution in [2.75, 3.05) is 0 Å². The zero-order chi connectivity index (χ0) is 13.3.